The third kappa shape index (κ3) is 6.89. The Labute approximate surface area is 119 Å². The zero-order valence-electron chi connectivity index (χ0n) is 11.9. The summed E-state index contributed by atoms with van der Waals surface area (Å²) in [5, 5.41) is 5.36. The number of amides is 2. The van der Waals surface area contributed by atoms with E-state index in [1.807, 2.05) is 37.3 Å². The molecule has 0 bridgehead atoms. The SMILES string of the molecule is CC(CN)CCC(=O)NCC(=O)NCc1ccccc1. The molecule has 0 saturated carbocycles. The molecule has 1 rings (SSSR count). The molecule has 0 heterocycles. The second-order valence-corrected chi connectivity index (χ2v) is 4.92. The summed E-state index contributed by atoms with van der Waals surface area (Å²) in [5.74, 6) is 0.0295. The number of carbonyl (C=O) groups excluding carboxylic acids is 2. The van der Waals surface area contributed by atoms with Gasteiger partial charge >= 0.3 is 0 Å². The summed E-state index contributed by atoms with van der Waals surface area (Å²) in [7, 11) is 0. The van der Waals surface area contributed by atoms with Crippen molar-refractivity contribution in [2.75, 3.05) is 13.1 Å². The molecule has 4 N–H and O–H groups in total. The van der Waals surface area contributed by atoms with E-state index in [4.69, 9.17) is 5.73 Å². The Bertz CT molecular complexity index is 420. The molecule has 0 aliphatic heterocycles. The van der Waals surface area contributed by atoms with E-state index in [9.17, 15) is 9.59 Å². The van der Waals surface area contributed by atoms with Gasteiger partial charge in [0, 0.05) is 13.0 Å². The van der Waals surface area contributed by atoms with Crippen LogP contribution in [0.5, 0.6) is 0 Å². The lowest BCUT2D eigenvalue weighted by molar-refractivity contribution is -0.126. The van der Waals surface area contributed by atoms with Gasteiger partial charge in [0.2, 0.25) is 11.8 Å². The Morgan fingerprint density at radius 3 is 2.50 bits per heavy atom. The van der Waals surface area contributed by atoms with Crippen LogP contribution in [-0.2, 0) is 16.1 Å². The van der Waals surface area contributed by atoms with Crippen molar-refractivity contribution >= 4 is 11.8 Å². The highest BCUT2D eigenvalue weighted by atomic mass is 16.2. The van der Waals surface area contributed by atoms with E-state index >= 15 is 0 Å². The van der Waals surface area contributed by atoms with E-state index in [1.54, 1.807) is 0 Å². The second-order valence-electron chi connectivity index (χ2n) is 4.92. The summed E-state index contributed by atoms with van der Waals surface area (Å²) in [6.07, 6.45) is 1.15. The van der Waals surface area contributed by atoms with Crippen molar-refractivity contribution in [2.24, 2.45) is 11.7 Å². The molecule has 1 aromatic rings. The molecule has 0 saturated heterocycles. The molecule has 1 aromatic carbocycles. The van der Waals surface area contributed by atoms with Crippen LogP contribution >= 0.6 is 0 Å². The van der Waals surface area contributed by atoms with Crippen LogP contribution in [0, 0.1) is 5.92 Å². The molecule has 0 aliphatic carbocycles. The van der Waals surface area contributed by atoms with Gasteiger partial charge in [-0.3, -0.25) is 9.59 Å². The van der Waals surface area contributed by atoms with E-state index in [-0.39, 0.29) is 18.4 Å². The Hall–Kier alpha value is -1.88. The average molecular weight is 277 g/mol. The van der Waals surface area contributed by atoms with Crippen molar-refractivity contribution in [3.63, 3.8) is 0 Å². The summed E-state index contributed by atoms with van der Waals surface area (Å²) >= 11 is 0. The zero-order chi connectivity index (χ0) is 14.8. The molecule has 0 radical (unpaired) electrons. The minimum atomic E-state index is -0.186. The van der Waals surface area contributed by atoms with Crippen molar-refractivity contribution in [1.82, 2.24) is 10.6 Å². The molecular weight excluding hydrogens is 254 g/mol. The monoisotopic (exact) mass is 277 g/mol. The fraction of sp³-hybridized carbons (Fsp3) is 0.467. The van der Waals surface area contributed by atoms with E-state index < -0.39 is 0 Å². The predicted octanol–water partition coefficient (Wildman–Crippen LogP) is 0.794. The maximum atomic E-state index is 11.6. The highest BCUT2D eigenvalue weighted by Gasteiger charge is 2.07. The highest BCUT2D eigenvalue weighted by molar-refractivity contribution is 5.84. The van der Waals surface area contributed by atoms with Crippen molar-refractivity contribution in [3.05, 3.63) is 35.9 Å². The van der Waals surface area contributed by atoms with E-state index in [1.165, 1.54) is 0 Å². The first-order chi connectivity index (χ1) is 9.61. The lowest BCUT2D eigenvalue weighted by Crippen LogP contribution is -2.36. The molecular formula is C15H23N3O2. The lowest BCUT2D eigenvalue weighted by Gasteiger charge is -2.09. The summed E-state index contributed by atoms with van der Waals surface area (Å²) in [5.41, 5.74) is 6.51. The molecule has 110 valence electrons. The summed E-state index contributed by atoms with van der Waals surface area (Å²) in [6, 6.07) is 9.64. The first kappa shape index (κ1) is 16.2. The Balaban J connectivity index is 2.15. The van der Waals surface area contributed by atoms with Crippen LogP contribution in [0.4, 0.5) is 0 Å². The van der Waals surface area contributed by atoms with Crippen LogP contribution < -0.4 is 16.4 Å². The van der Waals surface area contributed by atoms with Crippen LogP contribution in [0.1, 0.15) is 25.3 Å². The first-order valence-electron chi connectivity index (χ1n) is 6.89. The predicted molar refractivity (Wildman–Crippen MR) is 78.8 cm³/mol. The number of nitrogens with one attached hydrogen (secondary N) is 2. The Kier molecular flexibility index (Phi) is 7.35. The normalized spacial score (nSPS) is 11.7. The quantitative estimate of drug-likeness (QED) is 0.657. The molecule has 20 heavy (non-hydrogen) atoms. The standard InChI is InChI=1S/C15H23N3O2/c1-12(9-16)7-8-14(19)18-11-15(20)17-10-13-5-3-2-4-6-13/h2-6,12H,7-11,16H2,1H3,(H,17,20)(H,18,19). The lowest BCUT2D eigenvalue weighted by atomic mass is 10.1. The van der Waals surface area contributed by atoms with E-state index in [0.29, 0.717) is 25.4 Å². The Morgan fingerprint density at radius 2 is 1.85 bits per heavy atom. The van der Waals surface area contributed by atoms with Gasteiger partial charge in [0.25, 0.3) is 0 Å². The summed E-state index contributed by atoms with van der Waals surface area (Å²) in [4.78, 5) is 23.1. The number of hydrogen-bond acceptors (Lipinski definition) is 3. The third-order valence-corrected chi connectivity index (χ3v) is 3.05. The smallest absolute Gasteiger partial charge is 0.239 e. The van der Waals surface area contributed by atoms with Gasteiger partial charge in [0.05, 0.1) is 6.54 Å². The van der Waals surface area contributed by atoms with Gasteiger partial charge in [-0.15, -0.1) is 0 Å². The van der Waals surface area contributed by atoms with Gasteiger partial charge in [0.15, 0.2) is 0 Å². The molecule has 5 heteroatoms. The van der Waals surface area contributed by atoms with Gasteiger partial charge in [-0.05, 0) is 24.4 Å². The van der Waals surface area contributed by atoms with Crippen LogP contribution in [0.25, 0.3) is 0 Å². The number of carbonyl (C=O) groups is 2. The van der Waals surface area contributed by atoms with Crippen LogP contribution in [0.15, 0.2) is 30.3 Å². The second kappa shape index (κ2) is 9.09. The average Bonchev–Trinajstić information content (AvgIpc) is 2.49. The van der Waals surface area contributed by atoms with Crippen LogP contribution in [0.2, 0.25) is 0 Å². The molecule has 0 spiro atoms. The molecule has 0 aromatic heterocycles. The highest BCUT2D eigenvalue weighted by Crippen LogP contribution is 2.02. The van der Waals surface area contributed by atoms with Crippen molar-refractivity contribution in [1.29, 1.82) is 0 Å². The largest absolute Gasteiger partial charge is 0.350 e. The fourth-order valence-electron chi connectivity index (χ4n) is 1.62. The molecule has 1 unspecified atom stereocenters. The first-order valence-corrected chi connectivity index (χ1v) is 6.89. The number of hydrogen-bond donors (Lipinski definition) is 3. The zero-order valence-corrected chi connectivity index (χ0v) is 11.9. The van der Waals surface area contributed by atoms with Gasteiger partial charge in [-0.1, -0.05) is 37.3 Å². The topological polar surface area (TPSA) is 84.2 Å². The molecule has 1 atom stereocenters. The molecule has 2 amide bonds. The number of nitrogens with two attached hydrogens (primary N) is 1. The van der Waals surface area contributed by atoms with Crippen molar-refractivity contribution in [2.45, 2.75) is 26.3 Å². The van der Waals surface area contributed by atoms with E-state index in [2.05, 4.69) is 10.6 Å². The van der Waals surface area contributed by atoms with E-state index in [0.717, 1.165) is 12.0 Å². The summed E-state index contributed by atoms with van der Waals surface area (Å²) < 4.78 is 0. The minimum absolute atomic E-state index is 0.0165. The maximum Gasteiger partial charge on any atom is 0.239 e. The number of rotatable bonds is 8. The molecule has 0 aliphatic rings. The fourth-order valence-corrected chi connectivity index (χ4v) is 1.62. The maximum absolute atomic E-state index is 11.6. The molecule has 0 fully saturated rings. The Morgan fingerprint density at radius 1 is 1.15 bits per heavy atom. The number of benzene rings is 1. The van der Waals surface area contributed by atoms with Gasteiger partial charge in [-0.2, -0.15) is 0 Å². The van der Waals surface area contributed by atoms with Crippen molar-refractivity contribution in [3.8, 4) is 0 Å². The van der Waals surface area contributed by atoms with Gasteiger partial charge < -0.3 is 16.4 Å². The van der Waals surface area contributed by atoms with Gasteiger partial charge in [0.1, 0.15) is 0 Å². The third-order valence-electron chi connectivity index (χ3n) is 3.05. The van der Waals surface area contributed by atoms with Crippen LogP contribution in [0.3, 0.4) is 0 Å². The summed E-state index contributed by atoms with van der Waals surface area (Å²) in [6.45, 7) is 3.06. The molecule has 5 nitrogen and oxygen atoms in total. The minimum Gasteiger partial charge on any atom is -0.350 e. The van der Waals surface area contributed by atoms with Crippen LogP contribution in [-0.4, -0.2) is 24.9 Å². The van der Waals surface area contributed by atoms with Gasteiger partial charge in [-0.25, -0.2) is 0 Å². The van der Waals surface area contributed by atoms with Crippen molar-refractivity contribution < 1.29 is 9.59 Å².